The van der Waals surface area contributed by atoms with Gasteiger partial charge in [0.2, 0.25) is 0 Å². The van der Waals surface area contributed by atoms with Crippen LogP contribution in [0.5, 0.6) is 5.75 Å². The summed E-state index contributed by atoms with van der Waals surface area (Å²) in [6, 6.07) is 11.1. The molecule has 0 atom stereocenters. The molecule has 22 heavy (non-hydrogen) atoms. The number of para-hydroxylation sites is 2. The Labute approximate surface area is 128 Å². The first kappa shape index (κ1) is 14.1. The maximum absolute atomic E-state index is 12.6. The van der Waals surface area contributed by atoms with Crippen LogP contribution in [0.3, 0.4) is 0 Å². The number of ether oxygens (including phenoxy) is 1. The zero-order chi connectivity index (χ0) is 15.5. The number of hydrogen-bond acceptors (Lipinski definition) is 3. The maximum atomic E-state index is 12.6. The summed E-state index contributed by atoms with van der Waals surface area (Å²) >= 11 is 0. The van der Waals surface area contributed by atoms with Crippen molar-refractivity contribution in [2.45, 2.75) is 6.92 Å². The fraction of sp³-hybridized carbons (Fsp3) is 0.176. The first-order valence-corrected chi connectivity index (χ1v) is 7.14. The predicted molar refractivity (Wildman–Crippen MR) is 86.3 cm³/mol. The number of carbonyl (C=O) groups excluding carboxylic acids is 1. The van der Waals surface area contributed by atoms with Gasteiger partial charge in [-0.1, -0.05) is 12.1 Å². The number of nitrogens with one attached hydrogen (secondary N) is 1. The predicted octanol–water partition coefficient (Wildman–Crippen LogP) is 3.22. The molecular formula is C17H17N3O2. The third-order valence-electron chi connectivity index (χ3n) is 3.41. The van der Waals surface area contributed by atoms with Crippen LogP contribution in [0.2, 0.25) is 0 Å². The molecule has 0 saturated carbocycles. The van der Waals surface area contributed by atoms with Gasteiger partial charge >= 0.3 is 0 Å². The minimum atomic E-state index is -0.175. The minimum absolute atomic E-state index is 0.175. The fourth-order valence-corrected chi connectivity index (χ4v) is 2.43. The number of pyridine rings is 1. The summed E-state index contributed by atoms with van der Waals surface area (Å²) < 4.78 is 7.38. The monoisotopic (exact) mass is 295 g/mol. The molecule has 112 valence electrons. The minimum Gasteiger partial charge on any atom is -0.492 e. The molecule has 0 aliphatic heterocycles. The first-order chi connectivity index (χ1) is 10.7. The summed E-state index contributed by atoms with van der Waals surface area (Å²) in [6.07, 6.45) is 3.50. The summed E-state index contributed by atoms with van der Waals surface area (Å²) in [5.41, 5.74) is 2.04. The lowest BCUT2D eigenvalue weighted by Gasteiger charge is -2.10. The van der Waals surface area contributed by atoms with Gasteiger partial charge in [0, 0.05) is 24.8 Å². The molecule has 1 amide bonds. The van der Waals surface area contributed by atoms with Crippen LogP contribution in [0.15, 0.2) is 48.8 Å². The van der Waals surface area contributed by atoms with Gasteiger partial charge < -0.3 is 14.6 Å². The van der Waals surface area contributed by atoms with Crippen molar-refractivity contribution >= 4 is 22.6 Å². The summed E-state index contributed by atoms with van der Waals surface area (Å²) in [4.78, 5) is 16.9. The number of aromatic nitrogens is 2. The second kappa shape index (κ2) is 5.89. The van der Waals surface area contributed by atoms with Gasteiger partial charge in [-0.3, -0.25) is 4.79 Å². The zero-order valence-corrected chi connectivity index (χ0v) is 12.5. The topological polar surface area (TPSA) is 56.1 Å². The van der Waals surface area contributed by atoms with Crippen molar-refractivity contribution in [3.63, 3.8) is 0 Å². The van der Waals surface area contributed by atoms with Gasteiger partial charge in [-0.25, -0.2) is 4.98 Å². The fourth-order valence-electron chi connectivity index (χ4n) is 2.43. The number of benzene rings is 1. The Bertz CT molecular complexity index is 824. The SMILES string of the molecule is CCOc1ccccc1NC(=O)c1cn(C)c2ncccc12. The van der Waals surface area contributed by atoms with Gasteiger partial charge in [0.25, 0.3) is 5.91 Å². The van der Waals surface area contributed by atoms with Crippen LogP contribution in [-0.2, 0) is 7.05 Å². The van der Waals surface area contributed by atoms with E-state index in [1.807, 2.05) is 54.9 Å². The standard InChI is InChI=1S/C17H17N3O2/c1-3-22-15-9-5-4-8-14(15)19-17(21)13-11-20(2)16-12(13)7-6-10-18-16/h4-11H,3H2,1-2H3,(H,19,21). The molecule has 5 heteroatoms. The van der Waals surface area contributed by atoms with Crippen molar-refractivity contribution in [3.05, 3.63) is 54.4 Å². The molecule has 0 bridgehead atoms. The van der Waals surface area contributed by atoms with E-state index < -0.39 is 0 Å². The molecule has 0 fully saturated rings. The molecule has 2 aromatic heterocycles. The number of anilines is 1. The maximum Gasteiger partial charge on any atom is 0.258 e. The van der Waals surface area contributed by atoms with Crippen LogP contribution < -0.4 is 10.1 Å². The Hall–Kier alpha value is -2.82. The van der Waals surface area contributed by atoms with Gasteiger partial charge in [-0.2, -0.15) is 0 Å². The van der Waals surface area contributed by atoms with E-state index >= 15 is 0 Å². The van der Waals surface area contributed by atoms with Crippen molar-refractivity contribution < 1.29 is 9.53 Å². The Morgan fingerprint density at radius 3 is 2.91 bits per heavy atom. The molecule has 3 aromatic rings. The lowest BCUT2D eigenvalue weighted by molar-refractivity contribution is 0.102. The smallest absolute Gasteiger partial charge is 0.258 e. The normalized spacial score (nSPS) is 10.6. The number of carbonyl (C=O) groups is 1. The third kappa shape index (κ3) is 2.53. The van der Waals surface area contributed by atoms with Crippen molar-refractivity contribution in [1.29, 1.82) is 0 Å². The summed E-state index contributed by atoms with van der Waals surface area (Å²) in [6.45, 7) is 2.46. The average molecular weight is 295 g/mol. The van der Waals surface area contributed by atoms with E-state index in [0.29, 0.717) is 23.6 Å². The second-order valence-corrected chi connectivity index (χ2v) is 4.91. The number of amides is 1. The van der Waals surface area contributed by atoms with Crippen LogP contribution in [0.1, 0.15) is 17.3 Å². The van der Waals surface area contributed by atoms with E-state index in [4.69, 9.17) is 4.74 Å². The van der Waals surface area contributed by atoms with Crippen LogP contribution >= 0.6 is 0 Å². The highest BCUT2D eigenvalue weighted by Crippen LogP contribution is 2.26. The Morgan fingerprint density at radius 2 is 2.09 bits per heavy atom. The molecule has 0 unspecified atom stereocenters. The number of nitrogens with zero attached hydrogens (tertiary/aromatic N) is 2. The Kier molecular flexibility index (Phi) is 3.78. The molecule has 0 aliphatic rings. The molecule has 0 saturated heterocycles. The Morgan fingerprint density at radius 1 is 1.27 bits per heavy atom. The van der Waals surface area contributed by atoms with E-state index in [0.717, 1.165) is 11.0 Å². The summed E-state index contributed by atoms with van der Waals surface area (Å²) in [7, 11) is 1.88. The molecule has 5 nitrogen and oxygen atoms in total. The van der Waals surface area contributed by atoms with E-state index in [1.54, 1.807) is 12.4 Å². The molecule has 1 N–H and O–H groups in total. The molecular weight excluding hydrogens is 278 g/mol. The van der Waals surface area contributed by atoms with Gasteiger partial charge in [-0.05, 0) is 31.2 Å². The number of hydrogen-bond donors (Lipinski definition) is 1. The largest absolute Gasteiger partial charge is 0.492 e. The Balaban J connectivity index is 1.94. The van der Waals surface area contributed by atoms with E-state index in [-0.39, 0.29) is 5.91 Å². The van der Waals surface area contributed by atoms with Crippen molar-refractivity contribution in [2.24, 2.45) is 7.05 Å². The lowest BCUT2D eigenvalue weighted by atomic mass is 10.2. The highest BCUT2D eigenvalue weighted by molar-refractivity contribution is 6.12. The average Bonchev–Trinajstić information content (AvgIpc) is 2.87. The third-order valence-corrected chi connectivity index (χ3v) is 3.41. The molecule has 1 aromatic carbocycles. The molecule has 0 spiro atoms. The van der Waals surface area contributed by atoms with E-state index in [9.17, 15) is 4.79 Å². The van der Waals surface area contributed by atoms with Gasteiger partial charge in [0.15, 0.2) is 0 Å². The van der Waals surface area contributed by atoms with E-state index in [1.165, 1.54) is 0 Å². The van der Waals surface area contributed by atoms with Gasteiger partial charge in [-0.15, -0.1) is 0 Å². The number of rotatable bonds is 4. The molecule has 0 radical (unpaired) electrons. The number of aryl methyl sites for hydroxylation is 1. The molecule has 3 rings (SSSR count). The van der Waals surface area contributed by atoms with Crippen molar-refractivity contribution in [3.8, 4) is 5.75 Å². The van der Waals surface area contributed by atoms with E-state index in [2.05, 4.69) is 10.3 Å². The van der Waals surface area contributed by atoms with Crippen LogP contribution in [0.4, 0.5) is 5.69 Å². The van der Waals surface area contributed by atoms with Crippen molar-refractivity contribution in [1.82, 2.24) is 9.55 Å². The van der Waals surface area contributed by atoms with Crippen LogP contribution in [0, 0.1) is 0 Å². The summed E-state index contributed by atoms with van der Waals surface area (Å²) in [5.74, 6) is 0.488. The van der Waals surface area contributed by atoms with Crippen molar-refractivity contribution in [2.75, 3.05) is 11.9 Å². The zero-order valence-electron chi connectivity index (χ0n) is 12.5. The van der Waals surface area contributed by atoms with Crippen LogP contribution in [0.25, 0.3) is 11.0 Å². The first-order valence-electron chi connectivity index (χ1n) is 7.14. The quantitative estimate of drug-likeness (QED) is 0.804. The number of fused-ring (bicyclic) bond motifs is 1. The molecule has 2 heterocycles. The van der Waals surface area contributed by atoms with Gasteiger partial charge in [0.1, 0.15) is 11.4 Å². The summed E-state index contributed by atoms with van der Waals surface area (Å²) in [5, 5.41) is 3.74. The van der Waals surface area contributed by atoms with Gasteiger partial charge in [0.05, 0.1) is 17.9 Å². The highest BCUT2D eigenvalue weighted by atomic mass is 16.5. The highest BCUT2D eigenvalue weighted by Gasteiger charge is 2.15. The second-order valence-electron chi connectivity index (χ2n) is 4.91. The lowest BCUT2D eigenvalue weighted by Crippen LogP contribution is -2.12. The molecule has 0 aliphatic carbocycles. The van der Waals surface area contributed by atoms with Crippen LogP contribution in [-0.4, -0.2) is 22.1 Å².